The normalized spacial score (nSPS) is 15.1. The molecule has 172 valence electrons. The Labute approximate surface area is 211 Å². The van der Waals surface area contributed by atoms with E-state index in [0.717, 1.165) is 21.3 Å². The molecule has 3 aromatic carbocycles. The van der Waals surface area contributed by atoms with Crippen LogP contribution >= 0.6 is 29.8 Å². The quantitative estimate of drug-likeness (QED) is 0.139. The van der Waals surface area contributed by atoms with Crippen molar-refractivity contribution in [3.05, 3.63) is 66.7 Å². The number of thiophene rings is 2. The molecule has 2 aromatic heterocycles. The lowest BCUT2D eigenvalue weighted by Gasteiger charge is -2.19. The zero-order chi connectivity index (χ0) is 24.0. The molecule has 1 nitrogen and oxygen atoms in total. The van der Waals surface area contributed by atoms with E-state index in [9.17, 15) is 0 Å². The molecule has 3 heterocycles. The highest BCUT2D eigenvalue weighted by molar-refractivity contribution is 7.88. The summed E-state index contributed by atoms with van der Waals surface area (Å²) in [6.07, 6.45) is 0. The van der Waals surface area contributed by atoms with E-state index in [-0.39, 0.29) is 0 Å². The Morgan fingerprint density at radius 3 is 1.59 bits per heavy atom. The minimum absolute atomic E-state index is 1.02. The van der Waals surface area contributed by atoms with Gasteiger partial charge in [0.2, 0.25) is 0 Å². The topological polar surface area (TPSA) is 17.1 Å². The molecule has 0 aliphatic carbocycles. The maximum Gasteiger partial charge on any atom is 0.174 e. The smallest absolute Gasteiger partial charge is 0.174 e. The highest BCUT2D eigenvalue weighted by atomic mass is 32.1. The Balaban J connectivity index is 1.75. The number of fused-ring (bicyclic) bond motifs is 6. The molecule has 0 amide bonds. The fourth-order valence-corrected chi connectivity index (χ4v) is 15.6. The van der Waals surface area contributed by atoms with Crippen molar-refractivity contribution < 1.29 is 4.57 Å². The maximum atomic E-state index is 15.6. The molecule has 0 N–H and O–H groups in total. The summed E-state index contributed by atoms with van der Waals surface area (Å²) in [5, 5.41) is 7.93. The SMILES string of the molecule is C[Si](C)(C)c1cc2c(s1)-c1sc([Si](C)(C)C)cc1P2(=O)c1cc2ccccc2c2ccccc12. The van der Waals surface area contributed by atoms with Gasteiger partial charge >= 0.3 is 0 Å². The van der Waals surface area contributed by atoms with Crippen molar-refractivity contribution in [2.24, 2.45) is 0 Å². The average Bonchev–Trinajstić information content (AvgIpc) is 3.47. The van der Waals surface area contributed by atoms with Crippen molar-refractivity contribution in [2.45, 2.75) is 39.3 Å². The van der Waals surface area contributed by atoms with Gasteiger partial charge in [-0.15, -0.1) is 22.7 Å². The second-order valence-electron chi connectivity index (χ2n) is 11.4. The van der Waals surface area contributed by atoms with E-state index in [1.165, 1.54) is 34.9 Å². The van der Waals surface area contributed by atoms with E-state index in [1.54, 1.807) is 0 Å². The van der Waals surface area contributed by atoms with Crippen molar-refractivity contribution in [3.8, 4) is 9.75 Å². The van der Waals surface area contributed by atoms with Gasteiger partial charge in [0.1, 0.15) is 0 Å². The molecular formula is C28H29OPS2Si2. The van der Waals surface area contributed by atoms with Crippen LogP contribution in [-0.2, 0) is 4.57 Å². The van der Waals surface area contributed by atoms with Crippen molar-refractivity contribution >= 4 is 92.4 Å². The summed E-state index contributed by atoms with van der Waals surface area (Å²) >= 11 is 3.83. The summed E-state index contributed by atoms with van der Waals surface area (Å²) in [6, 6.07) is 24.0. The highest BCUT2D eigenvalue weighted by Gasteiger charge is 2.46. The van der Waals surface area contributed by atoms with E-state index in [2.05, 4.69) is 106 Å². The number of hydrogen-bond donors (Lipinski definition) is 0. The molecule has 5 aromatic rings. The molecule has 1 aliphatic heterocycles. The predicted octanol–water partition coefficient (Wildman–Crippen LogP) is 6.83. The fourth-order valence-electron chi connectivity index (χ4n) is 4.98. The average molecular weight is 533 g/mol. The molecule has 1 aliphatic rings. The Bertz CT molecular complexity index is 1600. The zero-order valence-electron chi connectivity index (χ0n) is 20.5. The molecule has 34 heavy (non-hydrogen) atoms. The first kappa shape index (κ1) is 22.7. The lowest BCUT2D eigenvalue weighted by atomic mass is 10.0. The summed E-state index contributed by atoms with van der Waals surface area (Å²) in [6.45, 7) is 14.4. The van der Waals surface area contributed by atoms with Gasteiger partial charge in [0.05, 0.1) is 25.9 Å². The van der Waals surface area contributed by atoms with Crippen LogP contribution in [0.25, 0.3) is 31.3 Å². The zero-order valence-corrected chi connectivity index (χ0v) is 25.1. The minimum atomic E-state index is -2.98. The molecule has 0 saturated carbocycles. The van der Waals surface area contributed by atoms with Gasteiger partial charge in [-0.1, -0.05) is 87.8 Å². The van der Waals surface area contributed by atoms with Gasteiger partial charge < -0.3 is 4.57 Å². The second-order valence-corrected chi connectivity index (χ2v) is 27.0. The molecule has 6 heteroatoms. The first-order valence-electron chi connectivity index (χ1n) is 11.8. The summed E-state index contributed by atoms with van der Waals surface area (Å²) in [4.78, 5) is 2.56. The summed E-state index contributed by atoms with van der Waals surface area (Å²) in [5.74, 6) is 0. The third-order valence-corrected chi connectivity index (χ3v) is 19.9. The number of benzene rings is 3. The standard InChI is InChI=1S/C28H29OPS2Si2/c1-33(2,3)25-16-23-27(31-25)28-24(17-26(32-28)34(4,5)6)30(23,29)22-15-18-11-7-8-12-19(18)20-13-9-10-14-21(20)22/h7-17H,1-6H3. The molecule has 0 saturated heterocycles. The van der Waals surface area contributed by atoms with Crippen LogP contribution in [0.3, 0.4) is 0 Å². The van der Waals surface area contributed by atoms with E-state index in [1.807, 2.05) is 22.7 Å². The van der Waals surface area contributed by atoms with E-state index < -0.39 is 23.3 Å². The summed E-state index contributed by atoms with van der Waals surface area (Å²) in [5.41, 5.74) is 0. The van der Waals surface area contributed by atoms with E-state index in [0.29, 0.717) is 0 Å². The first-order chi connectivity index (χ1) is 16.0. The van der Waals surface area contributed by atoms with Gasteiger partial charge in [0, 0.05) is 15.9 Å². The lowest BCUT2D eigenvalue weighted by molar-refractivity contribution is 0.593. The molecule has 0 bridgehead atoms. The number of hydrogen-bond acceptors (Lipinski definition) is 3. The first-order valence-corrected chi connectivity index (χ1v) is 22.1. The Hall–Kier alpha value is -1.76. The largest absolute Gasteiger partial charge is 0.309 e. The van der Waals surface area contributed by atoms with Gasteiger partial charge in [-0.2, -0.15) is 0 Å². The van der Waals surface area contributed by atoms with Crippen LogP contribution in [-0.4, -0.2) is 16.1 Å². The van der Waals surface area contributed by atoms with Crippen LogP contribution in [0.1, 0.15) is 0 Å². The lowest BCUT2D eigenvalue weighted by Crippen LogP contribution is -2.36. The Morgan fingerprint density at radius 2 is 1.06 bits per heavy atom. The number of rotatable bonds is 3. The van der Waals surface area contributed by atoms with Crippen LogP contribution in [0.2, 0.25) is 39.3 Å². The highest BCUT2D eigenvalue weighted by Crippen LogP contribution is 2.56. The van der Waals surface area contributed by atoms with Crippen LogP contribution in [0.5, 0.6) is 0 Å². The van der Waals surface area contributed by atoms with E-state index in [4.69, 9.17) is 0 Å². The van der Waals surface area contributed by atoms with Gasteiger partial charge in [-0.25, -0.2) is 0 Å². The van der Waals surface area contributed by atoms with Crippen molar-refractivity contribution in [3.63, 3.8) is 0 Å². The molecular weight excluding hydrogens is 504 g/mol. The van der Waals surface area contributed by atoms with Crippen LogP contribution < -0.4 is 24.9 Å². The third kappa shape index (κ3) is 3.18. The van der Waals surface area contributed by atoms with Crippen molar-refractivity contribution in [1.29, 1.82) is 0 Å². The van der Waals surface area contributed by atoms with Gasteiger partial charge in [0.15, 0.2) is 7.14 Å². The van der Waals surface area contributed by atoms with Crippen LogP contribution in [0.4, 0.5) is 0 Å². The molecule has 0 radical (unpaired) electrons. The molecule has 6 rings (SSSR count). The monoisotopic (exact) mass is 532 g/mol. The minimum Gasteiger partial charge on any atom is -0.309 e. The summed E-state index contributed by atoms with van der Waals surface area (Å²) in [7, 11) is -6.04. The molecule has 0 fully saturated rings. The summed E-state index contributed by atoms with van der Waals surface area (Å²) < 4.78 is 18.6. The van der Waals surface area contributed by atoms with Crippen LogP contribution in [0.15, 0.2) is 66.7 Å². The Morgan fingerprint density at radius 1 is 0.588 bits per heavy atom. The third-order valence-electron chi connectivity index (χ3n) is 6.87. The van der Waals surface area contributed by atoms with Crippen molar-refractivity contribution in [2.75, 3.05) is 0 Å². The maximum absolute atomic E-state index is 15.6. The molecule has 0 spiro atoms. The molecule has 0 unspecified atom stereocenters. The van der Waals surface area contributed by atoms with Gasteiger partial charge in [-0.05, 0) is 48.7 Å². The Kier molecular flexibility index (Phi) is 4.92. The second kappa shape index (κ2) is 7.38. The van der Waals surface area contributed by atoms with Gasteiger partial charge in [-0.3, -0.25) is 0 Å². The van der Waals surface area contributed by atoms with Crippen LogP contribution in [0, 0.1) is 0 Å². The predicted molar refractivity (Wildman–Crippen MR) is 162 cm³/mol. The fraction of sp³-hybridized carbons (Fsp3) is 0.214. The van der Waals surface area contributed by atoms with Gasteiger partial charge in [0.25, 0.3) is 0 Å². The van der Waals surface area contributed by atoms with E-state index >= 15 is 4.57 Å². The van der Waals surface area contributed by atoms with Crippen molar-refractivity contribution in [1.82, 2.24) is 0 Å². The molecule has 0 atom stereocenters.